The van der Waals surface area contributed by atoms with Crippen molar-refractivity contribution >= 4 is 17.9 Å². The molecule has 1 aliphatic rings. The predicted octanol–water partition coefficient (Wildman–Crippen LogP) is 4.54. The van der Waals surface area contributed by atoms with Crippen LogP contribution in [0, 0.1) is 19.8 Å². The van der Waals surface area contributed by atoms with Gasteiger partial charge in [0.15, 0.2) is 0 Å². The number of nitrogens with zero attached hydrogens (tertiary/aromatic N) is 1. The Hall–Kier alpha value is -2.88. The lowest BCUT2D eigenvalue weighted by Gasteiger charge is -2.25. The zero-order chi connectivity index (χ0) is 17.3. The number of rotatable bonds is 3. The number of hydrogen-bond acceptors (Lipinski definition) is 2. The first kappa shape index (κ1) is 16.0. The molecule has 4 heteroatoms. The highest BCUT2D eigenvalue weighted by molar-refractivity contribution is 6.15. The Morgan fingerprint density at radius 2 is 1.54 bits per heavy atom. The van der Waals surface area contributed by atoms with Crippen molar-refractivity contribution in [1.82, 2.24) is 0 Å². The van der Waals surface area contributed by atoms with Crippen LogP contribution in [0.25, 0.3) is 16.7 Å². The normalized spacial score (nSPS) is 22.2. The summed E-state index contributed by atoms with van der Waals surface area (Å²) in [6.45, 7) is 3.93. The van der Waals surface area contributed by atoms with E-state index in [0.29, 0.717) is 5.56 Å². The molecule has 0 aliphatic carbocycles. The highest BCUT2D eigenvalue weighted by atomic mass is 16.2. The summed E-state index contributed by atoms with van der Waals surface area (Å²) in [4.78, 5) is 24.0. The molecule has 3 rings (SSSR count). The van der Waals surface area contributed by atoms with Gasteiger partial charge < -0.3 is 20.6 Å². The number of carbonyl (C=O) groups is 2. The van der Waals surface area contributed by atoms with E-state index in [1.807, 2.05) is 50.2 Å². The number of nitrogens with one attached hydrogen (secondary N) is 1. The summed E-state index contributed by atoms with van der Waals surface area (Å²) in [5, 5.41) is 4.14. The van der Waals surface area contributed by atoms with E-state index in [9.17, 15) is 9.59 Å². The number of amides is 1. The SMILES string of the molecule is Cc1ccc(/C([NH-])=C2\C(=O)[N-]C(c3ccc(C)cc3)C2C=O)cc1. The molecule has 2 aromatic carbocycles. The van der Waals surface area contributed by atoms with Gasteiger partial charge in [-0.2, -0.15) is 0 Å². The van der Waals surface area contributed by atoms with Gasteiger partial charge in [0.05, 0.1) is 5.91 Å². The third-order valence-electron chi connectivity index (χ3n) is 4.34. The fraction of sp³-hybridized carbons (Fsp3) is 0.200. The number of aldehydes is 1. The van der Waals surface area contributed by atoms with Crippen LogP contribution in [-0.4, -0.2) is 12.2 Å². The predicted molar refractivity (Wildman–Crippen MR) is 94.3 cm³/mol. The van der Waals surface area contributed by atoms with E-state index in [0.717, 1.165) is 23.0 Å². The quantitative estimate of drug-likeness (QED) is 0.615. The van der Waals surface area contributed by atoms with Crippen molar-refractivity contribution in [3.05, 3.63) is 87.4 Å². The molecule has 0 radical (unpaired) electrons. The smallest absolute Gasteiger partial charge is 0.126 e. The minimum Gasteiger partial charge on any atom is -0.698 e. The monoisotopic (exact) mass is 318 g/mol. The maximum Gasteiger partial charge on any atom is 0.126 e. The lowest BCUT2D eigenvalue weighted by Crippen LogP contribution is -2.10. The molecule has 1 amide bonds. The first-order valence-corrected chi connectivity index (χ1v) is 7.81. The molecule has 1 fully saturated rings. The summed E-state index contributed by atoms with van der Waals surface area (Å²) in [6, 6.07) is 14.4. The van der Waals surface area contributed by atoms with Gasteiger partial charge >= 0.3 is 0 Å². The Morgan fingerprint density at radius 1 is 1.00 bits per heavy atom. The summed E-state index contributed by atoms with van der Waals surface area (Å²) in [5.74, 6) is -1.18. The van der Waals surface area contributed by atoms with Gasteiger partial charge in [-0.05, 0) is 25.0 Å². The Morgan fingerprint density at radius 3 is 2.08 bits per heavy atom. The van der Waals surface area contributed by atoms with E-state index in [4.69, 9.17) is 5.73 Å². The van der Waals surface area contributed by atoms with E-state index in [1.54, 1.807) is 12.1 Å². The molecule has 0 spiro atoms. The summed E-state index contributed by atoms with van der Waals surface area (Å²) in [6.07, 6.45) is 0.733. The van der Waals surface area contributed by atoms with Crippen molar-refractivity contribution in [2.75, 3.05) is 0 Å². The average molecular weight is 318 g/mol. The molecule has 0 bridgehead atoms. The standard InChI is InChI=1S/C20H19N2O2/c1-12-3-7-14(8-4-12)18(21)17-16(11-23)19(22-20(17)24)15-9-5-13(2)6-10-15/h3-11,16,19H,1-2H3,(H2-,21,22,24)/q-1/p-1. The minimum absolute atomic E-state index is 0.0791. The van der Waals surface area contributed by atoms with Crippen molar-refractivity contribution in [3.8, 4) is 0 Å². The van der Waals surface area contributed by atoms with E-state index in [2.05, 4.69) is 5.32 Å². The van der Waals surface area contributed by atoms with Crippen molar-refractivity contribution in [2.45, 2.75) is 19.9 Å². The van der Waals surface area contributed by atoms with Gasteiger partial charge in [0.2, 0.25) is 0 Å². The molecule has 1 aliphatic heterocycles. The molecule has 1 N–H and O–H groups in total. The van der Waals surface area contributed by atoms with Crippen molar-refractivity contribution in [1.29, 1.82) is 0 Å². The van der Waals surface area contributed by atoms with Gasteiger partial charge in [-0.25, -0.2) is 0 Å². The molecule has 0 saturated carbocycles. The lowest BCUT2D eigenvalue weighted by atomic mass is 9.89. The zero-order valence-corrected chi connectivity index (χ0v) is 13.6. The molecule has 4 nitrogen and oxygen atoms in total. The van der Waals surface area contributed by atoms with E-state index in [1.165, 1.54) is 0 Å². The van der Waals surface area contributed by atoms with E-state index < -0.39 is 17.9 Å². The van der Waals surface area contributed by atoms with Crippen LogP contribution in [-0.2, 0) is 9.59 Å². The van der Waals surface area contributed by atoms with Gasteiger partial charge in [0.1, 0.15) is 6.29 Å². The van der Waals surface area contributed by atoms with Crippen LogP contribution >= 0.6 is 0 Å². The topological polar surface area (TPSA) is 72.0 Å². The summed E-state index contributed by atoms with van der Waals surface area (Å²) >= 11 is 0. The molecular weight excluding hydrogens is 300 g/mol. The Kier molecular flexibility index (Phi) is 4.21. The van der Waals surface area contributed by atoms with Crippen molar-refractivity contribution in [3.63, 3.8) is 0 Å². The molecule has 1 saturated heterocycles. The second kappa shape index (κ2) is 6.32. The molecular formula is C20H18N2O2-2. The summed E-state index contributed by atoms with van der Waals surface area (Å²) < 4.78 is 0. The highest BCUT2D eigenvalue weighted by Gasteiger charge is 2.29. The summed E-state index contributed by atoms with van der Waals surface area (Å²) in [7, 11) is 0. The molecule has 122 valence electrons. The summed E-state index contributed by atoms with van der Waals surface area (Å²) in [5.41, 5.74) is 12.2. The molecule has 2 atom stereocenters. The maximum atomic E-state index is 12.4. The van der Waals surface area contributed by atoms with Crippen LogP contribution in [0.1, 0.15) is 28.3 Å². The van der Waals surface area contributed by atoms with Crippen LogP contribution in [0.3, 0.4) is 0 Å². The van der Waals surface area contributed by atoms with E-state index >= 15 is 0 Å². The van der Waals surface area contributed by atoms with Gasteiger partial charge in [-0.1, -0.05) is 71.3 Å². The second-order valence-electron chi connectivity index (χ2n) is 6.11. The Bertz CT molecular complexity index is 805. The lowest BCUT2D eigenvalue weighted by molar-refractivity contribution is -0.113. The van der Waals surface area contributed by atoms with Crippen LogP contribution in [0.2, 0.25) is 0 Å². The van der Waals surface area contributed by atoms with Crippen LogP contribution in [0.15, 0.2) is 54.1 Å². The van der Waals surface area contributed by atoms with Gasteiger partial charge in [0, 0.05) is 5.92 Å². The molecule has 0 aromatic heterocycles. The number of benzene rings is 2. The Balaban J connectivity index is 2.03. The van der Waals surface area contributed by atoms with Crippen LogP contribution in [0.4, 0.5) is 0 Å². The van der Waals surface area contributed by atoms with Gasteiger partial charge in [-0.15, -0.1) is 5.70 Å². The average Bonchev–Trinajstić information content (AvgIpc) is 2.92. The fourth-order valence-electron chi connectivity index (χ4n) is 2.91. The fourth-order valence-corrected chi connectivity index (χ4v) is 2.91. The number of carbonyl (C=O) groups excluding carboxylic acids is 2. The molecule has 24 heavy (non-hydrogen) atoms. The molecule has 1 heterocycles. The third-order valence-corrected chi connectivity index (χ3v) is 4.34. The van der Waals surface area contributed by atoms with Crippen molar-refractivity contribution in [2.24, 2.45) is 5.92 Å². The van der Waals surface area contributed by atoms with Gasteiger partial charge in [0.25, 0.3) is 0 Å². The largest absolute Gasteiger partial charge is 0.698 e. The van der Waals surface area contributed by atoms with Crippen LogP contribution in [0.5, 0.6) is 0 Å². The third kappa shape index (κ3) is 2.83. The molecule has 2 unspecified atom stereocenters. The maximum absolute atomic E-state index is 12.4. The first-order chi connectivity index (χ1) is 11.5. The number of aryl methyl sites for hydroxylation is 2. The molecule has 2 aromatic rings. The first-order valence-electron chi connectivity index (χ1n) is 7.81. The highest BCUT2D eigenvalue weighted by Crippen LogP contribution is 2.44. The van der Waals surface area contributed by atoms with Gasteiger partial charge in [-0.3, -0.25) is 0 Å². The van der Waals surface area contributed by atoms with Crippen LogP contribution < -0.4 is 0 Å². The zero-order valence-electron chi connectivity index (χ0n) is 13.6. The second-order valence-corrected chi connectivity index (χ2v) is 6.11. The number of hydrogen-bond donors (Lipinski definition) is 0. The van der Waals surface area contributed by atoms with Crippen molar-refractivity contribution < 1.29 is 9.59 Å². The minimum atomic E-state index is -0.714. The van der Waals surface area contributed by atoms with E-state index in [-0.39, 0.29) is 11.3 Å². The Labute approximate surface area is 141 Å².